The molecule has 1 heterocycles. The van der Waals surface area contributed by atoms with E-state index in [9.17, 15) is 13.6 Å². The standard InChI is InChI=1S/C14H15BrF2O2/c1-14(6-2-3-7-19-14)12(18)8-9-11(16)5-4-10(15)13(9)17/h4-5H,2-3,6-8H2,1H3. The smallest absolute Gasteiger partial charge is 0.168 e. The van der Waals surface area contributed by atoms with Crippen LogP contribution in [0.5, 0.6) is 0 Å². The summed E-state index contributed by atoms with van der Waals surface area (Å²) in [5, 5.41) is 0. The molecule has 5 heteroatoms. The lowest BCUT2D eigenvalue weighted by molar-refractivity contribution is -0.147. The summed E-state index contributed by atoms with van der Waals surface area (Å²) < 4.78 is 33.1. The molecule has 19 heavy (non-hydrogen) atoms. The maximum Gasteiger partial charge on any atom is 0.168 e. The number of hydrogen-bond donors (Lipinski definition) is 0. The van der Waals surface area contributed by atoms with E-state index in [1.807, 2.05) is 0 Å². The molecule has 1 fully saturated rings. The Morgan fingerprint density at radius 1 is 1.42 bits per heavy atom. The second-order valence-electron chi connectivity index (χ2n) is 4.96. The quantitative estimate of drug-likeness (QED) is 0.787. The van der Waals surface area contributed by atoms with Gasteiger partial charge in [0.2, 0.25) is 0 Å². The molecule has 1 atom stereocenters. The third-order valence-electron chi connectivity index (χ3n) is 3.53. The fraction of sp³-hybridized carbons (Fsp3) is 0.500. The Balaban J connectivity index is 2.21. The van der Waals surface area contributed by atoms with E-state index in [1.54, 1.807) is 6.92 Å². The van der Waals surface area contributed by atoms with Gasteiger partial charge in [0.05, 0.1) is 4.47 Å². The van der Waals surface area contributed by atoms with Crippen molar-refractivity contribution in [2.24, 2.45) is 0 Å². The van der Waals surface area contributed by atoms with E-state index < -0.39 is 17.2 Å². The number of Topliss-reactive ketones (excluding diaryl/α,β-unsaturated/α-hetero) is 1. The van der Waals surface area contributed by atoms with Crippen molar-refractivity contribution in [2.75, 3.05) is 6.61 Å². The third-order valence-corrected chi connectivity index (χ3v) is 4.15. The van der Waals surface area contributed by atoms with E-state index in [4.69, 9.17) is 4.74 Å². The molecule has 0 saturated carbocycles. The van der Waals surface area contributed by atoms with Crippen LogP contribution in [0.2, 0.25) is 0 Å². The van der Waals surface area contributed by atoms with Crippen LogP contribution >= 0.6 is 15.9 Å². The number of benzene rings is 1. The normalized spacial score (nSPS) is 23.4. The van der Waals surface area contributed by atoms with Crippen molar-refractivity contribution in [3.8, 4) is 0 Å². The minimum atomic E-state index is -0.917. The van der Waals surface area contributed by atoms with Crippen molar-refractivity contribution >= 4 is 21.7 Å². The van der Waals surface area contributed by atoms with E-state index in [0.717, 1.165) is 18.9 Å². The number of ketones is 1. The Kier molecular flexibility index (Phi) is 4.36. The number of ether oxygens (including phenoxy) is 1. The van der Waals surface area contributed by atoms with Crippen LogP contribution in [0.25, 0.3) is 0 Å². The summed E-state index contributed by atoms with van der Waals surface area (Å²) in [4.78, 5) is 12.2. The van der Waals surface area contributed by atoms with Gasteiger partial charge in [0, 0.05) is 18.6 Å². The molecule has 1 aromatic rings. The zero-order valence-corrected chi connectivity index (χ0v) is 12.2. The van der Waals surface area contributed by atoms with Crippen LogP contribution in [-0.2, 0) is 16.0 Å². The monoisotopic (exact) mass is 332 g/mol. The molecule has 1 aromatic carbocycles. The molecule has 1 aliphatic heterocycles. The van der Waals surface area contributed by atoms with Gasteiger partial charge < -0.3 is 4.74 Å². The summed E-state index contributed by atoms with van der Waals surface area (Å²) in [5.74, 6) is -1.69. The first kappa shape index (κ1) is 14.6. The van der Waals surface area contributed by atoms with Gasteiger partial charge in [0.15, 0.2) is 5.78 Å². The van der Waals surface area contributed by atoms with Crippen LogP contribution in [0, 0.1) is 11.6 Å². The number of carbonyl (C=O) groups excluding carboxylic acids is 1. The molecular formula is C14H15BrF2O2. The lowest BCUT2D eigenvalue weighted by Gasteiger charge is -2.32. The van der Waals surface area contributed by atoms with Gasteiger partial charge in [-0.15, -0.1) is 0 Å². The number of halogens is 3. The highest BCUT2D eigenvalue weighted by atomic mass is 79.9. The fourth-order valence-electron chi connectivity index (χ4n) is 2.23. The first-order valence-electron chi connectivity index (χ1n) is 6.24. The minimum absolute atomic E-state index is 0.159. The van der Waals surface area contributed by atoms with Crippen LogP contribution in [0.4, 0.5) is 8.78 Å². The van der Waals surface area contributed by atoms with Crippen molar-refractivity contribution in [3.05, 3.63) is 33.8 Å². The van der Waals surface area contributed by atoms with Crippen molar-refractivity contribution in [2.45, 2.75) is 38.2 Å². The Morgan fingerprint density at radius 3 is 2.79 bits per heavy atom. The summed E-state index contributed by atoms with van der Waals surface area (Å²) in [5.41, 5.74) is -1.12. The van der Waals surface area contributed by atoms with Crippen LogP contribution in [0.3, 0.4) is 0 Å². The van der Waals surface area contributed by atoms with Crippen LogP contribution in [-0.4, -0.2) is 18.0 Å². The van der Waals surface area contributed by atoms with Gasteiger partial charge in [-0.05, 0) is 54.2 Å². The van der Waals surface area contributed by atoms with Gasteiger partial charge >= 0.3 is 0 Å². The minimum Gasteiger partial charge on any atom is -0.367 e. The molecule has 0 amide bonds. The Hall–Kier alpha value is -0.810. The highest BCUT2D eigenvalue weighted by molar-refractivity contribution is 9.10. The predicted octanol–water partition coefficient (Wildman–Crippen LogP) is 3.80. The lowest BCUT2D eigenvalue weighted by atomic mass is 9.88. The average Bonchev–Trinajstić information content (AvgIpc) is 2.40. The number of hydrogen-bond acceptors (Lipinski definition) is 2. The van der Waals surface area contributed by atoms with Gasteiger partial charge in [-0.1, -0.05) is 0 Å². The fourth-order valence-corrected chi connectivity index (χ4v) is 2.60. The topological polar surface area (TPSA) is 26.3 Å². The van der Waals surface area contributed by atoms with Crippen LogP contribution in [0.15, 0.2) is 16.6 Å². The second-order valence-corrected chi connectivity index (χ2v) is 5.81. The summed E-state index contributed by atoms with van der Waals surface area (Å²) in [6.07, 6.45) is 2.13. The molecule has 1 saturated heterocycles. The van der Waals surface area contributed by atoms with Crippen LogP contribution < -0.4 is 0 Å². The van der Waals surface area contributed by atoms with Crippen LogP contribution in [0.1, 0.15) is 31.7 Å². The van der Waals surface area contributed by atoms with E-state index in [0.29, 0.717) is 13.0 Å². The number of carbonyl (C=O) groups is 1. The molecule has 2 rings (SSSR count). The molecule has 0 radical (unpaired) electrons. The van der Waals surface area contributed by atoms with Gasteiger partial charge in [-0.3, -0.25) is 4.79 Å². The maximum atomic E-state index is 13.8. The third kappa shape index (κ3) is 3.03. The van der Waals surface area contributed by atoms with E-state index in [2.05, 4.69) is 15.9 Å². The van der Waals surface area contributed by atoms with Crippen molar-refractivity contribution < 1.29 is 18.3 Å². The summed E-state index contributed by atoms with van der Waals surface area (Å²) in [6, 6.07) is 2.44. The molecule has 0 aromatic heterocycles. The highest BCUT2D eigenvalue weighted by Crippen LogP contribution is 2.29. The average molecular weight is 333 g/mol. The van der Waals surface area contributed by atoms with Crippen molar-refractivity contribution in [3.63, 3.8) is 0 Å². The molecule has 0 aliphatic carbocycles. The molecule has 1 aliphatic rings. The molecule has 0 spiro atoms. The van der Waals surface area contributed by atoms with E-state index in [-0.39, 0.29) is 22.2 Å². The lowest BCUT2D eigenvalue weighted by Crippen LogP contribution is -2.42. The zero-order chi connectivity index (χ0) is 14.0. The molecule has 0 N–H and O–H groups in total. The summed E-state index contributed by atoms with van der Waals surface area (Å²) >= 11 is 3.00. The van der Waals surface area contributed by atoms with Crippen molar-refractivity contribution in [1.29, 1.82) is 0 Å². The van der Waals surface area contributed by atoms with Crippen molar-refractivity contribution in [1.82, 2.24) is 0 Å². The maximum absolute atomic E-state index is 13.8. The summed E-state index contributed by atoms with van der Waals surface area (Å²) in [7, 11) is 0. The molecular weight excluding hydrogens is 318 g/mol. The van der Waals surface area contributed by atoms with E-state index >= 15 is 0 Å². The SMILES string of the molecule is CC1(C(=O)Cc2c(F)ccc(Br)c2F)CCCCO1. The van der Waals surface area contributed by atoms with Gasteiger partial charge in [0.1, 0.15) is 17.2 Å². The largest absolute Gasteiger partial charge is 0.367 e. The Labute approximate surface area is 119 Å². The molecule has 1 unspecified atom stereocenters. The van der Waals surface area contributed by atoms with Gasteiger partial charge in [-0.25, -0.2) is 8.78 Å². The molecule has 2 nitrogen and oxygen atoms in total. The Bertz CT molecular complexity index is 496. The highest BCUT2D eigenvalue weighted by Gasteiger charge is 2.36. The van der Waals surface area contributed by atoms with Gasteiger partial charge in [0.25, 0.3) is 0 Å². The second kappa shape index (κ2) is 5.67. The summed E-state index contributed by atoms with van der Waals surface area (Å²) in [6.45, 7) is 2.22. The first-order chi connectivity index (χ1) is 8.94. The Morgan fingerprint density at radius 2 is 2.16 bits per heavy atom. The molecule has 104 valence electrons. The number of rotatable bonds is 3. The molecule has 0 bridgehead atoms. The zero-order valence-electron chi connectivity index (χ0n) is 10.6. The van der Waals surface area contributed by atoms with Gasteiger partial charge in [-0.2, -0.15) is 0 Å². The van der Waals surface area contributed by atoms with E-state index in [1.165, 1.54) is 6.07 Å². The first-order valence-corrected chi connectivity index (χ1v) is 7.03. The predicted molar refractivity (Wildman–Crippen MR) is 71.0 cm³/mol.